The van der Waals surface area contributed by atoms with Gasteiger partial charge in [-0.25, -0.2) is 4.98 Å². The number of nitrogens with two attached hydrogens (primary N) is 1. The second-order valence-electron chi connectivity index (χ2n) is 5.85. The average molecular weight is 341 g/mol. The fraction of sp³-hybridized carbons (Fsp3) is 0.0476. The minimum Gasteiger partial charge on any atom is -0.495 e. The van der Waals surface area contributed by atoms with Crippen LogP contribution < -0.4 is 10.5 Å². The van der Waals surface area contributed by atoms with E-state index in [0.717, 1.165) is 22.2 Å². The topological polar surface area (TPSA) is 85.1 Å². The second kappa shape index (κ2) is 6.26. The monoisotopic (exact) mass is 341 g/mol. The fourth-order valence-electron chi connectivity index (χ4n) is 2.87. The molecule has 0 spiro atoms. The molecule has 0 unspecified atom stereocenters. The summed E-state index contributed by atoms with van der Waals surface area (Å²) in [5.41, 5.74) is 11.3. The number of nitriles is 1. The molecule has 0 aliphatic carbocycles. The fourth-order valence-corrected chi connectivity index (χ4v) is 2.87. The Bertz CT molecular complexity index is 1160. The number of oxazole rings is 1. The van der Waals surface area contributed by atoms with Gasteiger partial charge in [0.1, 0.15) is 11.3 Å². The maximum Gasteiger partial charge on any atom is 0.227 e. The summed E-state index contributed by atoms with van der Waals surface area (Å²) in [6.07, 6.45) is 0. The third-order valence-corrected chi connectivity index (χ3v) is 4.19. The van der Waals surface area contributed by atoms with Crippen LogP contribution in [0.3, 0.4) is 0 Å². The number of aromatic nitrogens is 1. The molecule has 4 aromatic rings. The predicted octanol–water partition coefficient (Wildman–Crippen LogP) is 4.62. The highest BCUT2D eigenvalue weighted by molar-refractivity contribution is 5.83. The standard InChI is InChI=1S/C21H15N3O2/c1-25-19-7-6-16(10-17(19)23)21-24-18-11-15(5-8-20(18)26-21)14-4-2-3-13(9-14)12-22/h2-11H,23H2,1H3. The van der Waals surface area contributed by atoms with Crippen molar-refractivity contribution >= 4 is 16.8 Å². The molecule has 5 nitrogen and oxygen atoms in total. The molecule has 0 aliphatic rings. The number of benzene rings is 3. The van der Waals surface area contributed by atoms with Crippen molar-refractivity contribution in [2.24, 2.45) is 0 Å². The first kappa shape index (κ1) is 15.7. The van der Waals surface area contributed by atoms with Gasteiger partial charge in [-0.05, 0) is 53.6 Å². The van der Waals surface area contributed by atoms with E-state index in [4.69, 9.17) is 20.1 Å². The van der Waals surface area contributed by atoms with Gasteiger partial charge in [0.15, 0.2) is 5.58 Å². The molecule has 0 amide bonds. The number of nitrogen functional groups attached to an aromatic ring is 1. The van der Waals surface area contributed by atoms with Crippen molar-refractivity contribution in [3.63, 3.8) is 0 Å². The lowest BCUT2D eigenvalue weighted by atomic mass is 10.0. The summed E-state index contributed by atoms with van der Waals surface area (Å²) in [5.74, 6) is 1.11. The maximum atomic E-state index is 9.07. The molecule has 3 aromatic carbocycles. The van der Waals surface area contributed by atoms with Gasteiger partial charge in [0.05, 0.1) is 24.4 Å². The van der Waals surface area contributed by atoms with Crippen LogP contribution in [0.25, 0.3) is 33.7 Å². The zero-order valence-corrected chi connectivity index (χ0v) is 14.1. The summed E-state index contributed by atoms with van der Waals surface area (Å²) in [6, 6.07) is 20.8. The minimum atomic E-state index is 0.497. The van der Waals surface area contributed by atoms with E-state index in [1.54, 1.807) is 25.3 Å². The van der Waals surface area contributed by atoms with Crippen LogP contribution in [-0.2, 0) is 0 Å². The smallest absolute Gasteiger partial charge is 0.227 e. The molecule has 0 aliphatic heterocycles. The van der Waals surface area contributed by atoms with E-state index in [0.29, 0.717) is 28.5 Å². The van der Waals surface area contributed by atoms with E-state index < -0.39 is 0 Å². The molecule has 2 N–H and O–H groups in total. The summed E-state index contributed by atoms with van der Waals surface area (Å²) in [6.45, 7) is 0. The van der Waals surface area contributed by atoms with Crippen LogP contribution >= 0.6 is 0 Å². The van der Waals surface area contributed by atoms with E-state index in [9.17, 15) is 0 Å². The SMILES string of the molecule is COc1ccc(-c2nc3cc(-c4cccc(C#N)c4)ccc3o2)cc1N. The van der Waals surface area contributed by atoms with E-state index in [1.165, 1.54) is 0 Å². The molecule has 126 valence electrons. The first-order valence-electron chi connectivity index (χ1n) is 8.03. The van der Waals surface area contributed by atoms with Crippen molar-refractivity contribution in [1.29, 1.82) is 5.26 Å². The molecule has 0 bridgehead atoms. The molecule has 0 fully saturated rings. The number of rotatable bonds is 3. The quantitative estimate of drug-likeness (QED) is 0.549. The Hall–Kier alpha value is -3.78. The lowest BCUT2D eigenvalue weighted by molar-refractivity contribution is 0.417. The molecule has 0 saturated heterocycles. The van der Waals surface area contributed by atoms with Crippen LogP contribution in [0.1, 0.15) is 5.56 Å². The number of hydrogen-bond acceptors (Lipinski definition) is 5. The van der Waals surface area contributed by atoms with Crippen LogP contribution in [0.5, 0.6) is 5.75 Å². The highest BCUT2D eigenvalue weighted by Gasteiger charge is 2.11. The number of nitrogens with zero attached hydrogens (tertiary/aromatic N) is 2. The summed E-state index contributed by atoms with van der Waals surface area (Å²) in [4.78, 5) is 4.58. The molecule has 5 heteroatoms. The van der Waals surface area contributed by atoms with Gasteiger partial charge in [0.25, 0.3) is 0 Å². The highest BCUT2D eigenvalue weighted by Crippen LogP contribution is 2.31. The molecule has 0 radical (unpaired) electrons. The number of anilines is 1. The molecule has 4 rings (SSSR count). The van der Waals surface area contributed by atoms with Crippen LogP contribution in [0.4, 0.5) is 5.69 Å². The Kier molecular flexibility index (Phi) is 3.79. The predicted molar refractivity (Wildman–Crippen MR) is 101 cm³/mol. The summed E-state index contributed by atoms with van der Waals surface area (Å²) in [7, 11) is 1.58. The van der Waals surface area contributed by atoms with Gasteiger partial charge >= 0.3 is 0 Å². The third-order valence-electron chi connectivity index (χ3n) is 4.19. The molecule has 0 saturated carbocycles. The van der Waals surface area contributed by atoms with Gasteiger partial charge < -0.3 is 14.9 Å². The molecular weight excluding hydrogens is 326 g/mol. The normalized spacial score (nSPS) is 10.6. The molecular formula is C21H15N3O2. The molecule has 1 aromatic heterocycles. The van der Waals surface area contributed by atoms with Gasteiger partial charge in [-0.3, -0.25) is 0 Å². The first-order valence-corrected chi connectivity index (χ1v) is 8.03. The van der Waals surface area contributed by atoms with Gasteiger partial charge in [0, 0.05) is 5.56 Å². The number of hydrogen-bond donors (Lipinski definition) is 1. The zero-order chi connectivity index (χ0) is 18.1. The first-order chi connectivity index (χ1) is 12.7. The van der Waals surface area contributed by atoms with E-state index in [1.807, 2.05) is 42.5 Å². The maximum absolute atomic E-state index is 9.07. The molecule has 0 atom stereocenters. The third kappa shape index (κ3) is 2.74. The summed E-state index contributed by atoms with van der Waals surface area (Å²) >= 11 is 0. The summed E-state index contributed by atoms with van der Waals surface area (Å²) < 4.78 is 11.0. The van der Waals surface area contributed by atoms with Gasteiger partial charge in [-0.1, -0.05) is 18.2 Å². The van der Waals surface area contributed by atoms with Crippen molar-refractivity contribution in [3.05, 3.63) is 66.2 Å². The zero-order valence-electron chi connectivity index (χ0n) is 14.1. The van der Waals surface area contributed by atoms with Crippen molar-refractivity contribution in [3.8, 4) is 34.4 Å². The molecule has 1 heterocycles. The molecule has 26 heavy (non-hydrogen) atoms. The van der Waals surface area contributed by atoms with Gasteiger partial charge in [0.2, 0.25) is 5.89 Å². The number of ether oxygens (including phenoxy) is 1. The van der Waals surface area contributed by atoms with Crippen LogP contribution in [0.2, 0.25) is 0 Å². The van der Waals surface area contributed by atoms with Crippen LogP contribution in [-0.4, -0.2) is 12.1 Å². The van der Waals surface area contributed by atoms with Gasteiger partial charge in [-0.2, -0.15) is 5.26 Å². The van der Waals surface area contributed by atoms with Crippen LogP contribution in [0, 0.1) is 11.3 Å². The van der Waals surface area contributed by atoms with E-state index in [2.05, 4.69) is 11.1 Å². The van der Waals surface area contributed by atoms with Gasteiger partial charge in [-0.15, -0.1) is 0 Å². The lowest BCUT2D eigenvalue weighted by Gasteiger charge is -2.04. The number of fused-ring (bicyclic) bond motifs is 1. The highest BCUT2D eigenvalue weighted by atomic mass is 16.5. The number of methoxy groups -OCH3 is 1. The Morgan fingerprint density at radius 3 is 2.58 bits per heavy atom. The summed E-state index contributed by atoms with van der Waals surface area (Å²) in [5, 5.41) is 9.07. The second-order valence-corrected chi connectivity index (χ2v) is 5.85. The van der Waals surface area contributed by atoms with Crippen molar-refractivity contribution in [1.82, 2.24) is 4.98 Å². The van der Waals surface area contributed by atoms with Crippen molar-refractivity contribution < 1.29 is 9.15 Å². The van der Waals surface area contributed by atoms with Crippen molar-refractivity contribution in [2.75, 3.05) is 12.8 Å². The lowest BCUT2D eigenvalue weighted by Crippen LogP contribution is -1.92. The van der Waals surface area contributed by atoms with Crippen molar-refractivity contribution in [2.45, 2.75) is 0 Å². The van der Waals surface area contributed by atoms with E-state index in [-0.39, 0.29) is 0 Å². The Morgan fingerprint density at radius 2 is 1.81 bits per heavy atom. The van der Waals surface area contributed by atoms with E-state index >= 15 is 0 Å². The Labute approximate surface area is 150 Å². The average Bonchev–Trinajstić information content (AvgIpc) is 3.11. The Balaban J connectivity index is 1.76. The van der Waals surface area contributed by atoms with Crippen LogP contribution in [0.15, 0.2) is 65.1 Å². The largest absolute Gasteiger partial charge is 0.495 e. The Morgan fingerprint density at radius 1 is 1.00 bits per heavy atom. The minimum absolute atomic E-state index is 0.497.